The standard InChI is InChI=1S/C14H16N2O2/c1-14(13(17)18)7-4-8-16(14)10-12-6-3-2-5-11(12)9-15/h2-3,5-6H,4,7-8,10H2,1H3,(H,17,18). The lowest BCUT2D eigenvalue weighted by molar-refractivity contribution is -0.148. The molecule has 4 nitrogen and oxygen atoms in total. The summed E-state index contributed by atoms with van der Waals surface area (Å²) in [4.78, 5) is 13.3. The lowest BCUT2D eigenvalue weighted by atomic mass is 9.98. The summed E-state index contributed by atoms with van der Waals surface area (Å²) in [5, 5.41) is 18.4. The number of nitriles is 1. The lowest BCUT2D eigenvalue weighted by Crippen LogP contribution is -2.47. The van der Waals surface area contributed by atoms with Gasteiger partial charge in [0.25, 0.3) is 0 Å². The summed E-state index contributed by atoms with van der Waals surface area (Å²) in [6.45, 7) is 3.05. The molecule has 0 aromatic heterocycles. The smallest absolute Gasteiger partial charge is 0.323 e. The van der Waals surface area contributed by atoms with Gasteiger partial charge in [-0.05, 0) is 37.9 Å². The zero-order valence-corrected chi connectivity index (χ0v) is 10.4. The van der Waals surface area contributed by atoms with Crippen LogP contribution in [0.1, 0.15) is 30.9 Å². The minimum absolute atomic E-state index is 0.520. The van der Waals surface area contributed by atoms with Crippen molar-refractivity contribution >= 4 is 5.97 Å². The number of nitrogens with zero attached hydrogens (tertiary/aromatic N) is 2. The molecule has 1 atom stereocenters. The number of likely N-dealkylation sites (tertiary alicyclic amines) is 1. The van der Waals surface area contributed by atoms with Crippen molar-refractivity contribution in [2.45, 2.75) is 31.8 Å². The van der Waals surface area contributed by atoms with Crippen LogP contribution in [-0.4, -0.2) is 28.1 Å². The second-order valence-corrected chi connectivity index (χ2v) is 4.87. The number of hydrogen-bond donors (Lipinski definition) is 1. The van der Waals surface area contributed by atoms with Gasteiger partial charge in [0.15, 0.2) is 0 Å². The van der Waals surface area contributed by atoms with Gasteiger partial charge < -0.3 is 5.11 Å². The van der Waals surface area contributed by atoms with Crippen LogP contribution in [0.4, 0.5) is 0 Å². The van der Waals surface area contributed by atoms with E-state index >= 15 is 0 Å². The van der Waals surface area contributed by atoms with Gasteiger partial charge in [-0.3, -0.25) is 9.69 Å². The third-order valence-corrected chi connectivity index (χ3v) is 3.75. The van der Waals surface area contributed by atoms with Gasteiger partial charge in [-0.1, -0.05) is 18.2 Å². The van der Waals surface area contributed by atoms with Crippen LogP contribution in [-0.2, 0) is 11.3 Å². The molecule has 4 heteroatoms. The van der Waals surface area contributed by atoms with Crippen molar-refractivity contribution in [2.75, 3.05) is 6.54 Å². The first kappa shape index (κ1) is 12.6. The number of hydrogen-bond acceptors (Lipinski definition) is 3. The second-order valence-electron chi connectivity index (χ2n) is 4.87. The molecule has 1 saturated heterocycles. The van der Waals surface area contributed by atoms with Crippen LogP contribution >= 0.6 is 0 Å². The predicted octanol–water partition coefficient (Wildman–Crippen LogP) is 2.00. The minimum Gasteiger partial charge on any atom is -0.480 e. The average molecular weight is 244 g/mol. The van der Waals surface area contributed by atoms with Gasteiger partial charge >= 0.3 is 5.97 Å². The van der Waals surface area contributed by atoms with Crippen molar-refractivity contribution in [1.29, 1.82) is 5.26 Å². The zero-order chi connectivity index (χ0) is 13.2. The second kappa shape index (κ2) is 4.79. The van der Waals surface area contributed by atoms with Gasteiger partial charge in [0, 0.05) is 6.54 Å². The molecule has 0 bridgehead atoms. The molecule has 1 fully saturated rings. The van der Waals surface area contributed by atoms with Crippen molar-refractivity contribution in [3.05, 3.63) is 35.4 Å². The molecule has 1 N–H and O–H groups in total. The fourth-order valence-corrected chi connectivity index (χ4v) is 2.49. The Morgan fingerprint density at radius 2 is 2.28 bits per heavy atom. The van der Waals surface area contributed by atoms with Crippen LogP contribution in [0.3, 0.4) is 0 Å². The summed E-state index contributed by atoms with van der Waals surface area (Å²) in [6.07, 6.45) is 1.55. The Morgan fingerprint density at radius 3 is 2.94 bits per heavy atom. The van der Waals surface area contributed by atoms with Crippen LogP contribution in [0, 0.1) is 11.3 Å². The van der Waals surface area contributed by atoms with E-state index < -0.39 is 11.5 Å². The summed E-state index contributed by atoms with van der Waals surface area (Å²) >= 11 is 0. The van der Waals surface area contributed by atoms with Crippen LogP contribution in [0.5, 0.6) is 0 Å². The van der Waals surface area contributed by atoms with Crippen LogP contribution in [0.2, 0.25) is 0 Å². The number of carbonyl (C=O) groups is 1. The highest BCUT2D eigenvalue weighted by molar-refractivity contribution is 5.78. The Labute approximate surface area is 106 Å². The van der Waals surface area contributed by atoms with Gasteiger partial charge in [0.2, 0.25) is 0 Å². The Kier molecular flexibility index (Phi) is 3.35. The van der Waals surface area contributed by atoms with Gasteiger partial charge in [0.1, 0.15) is 5.54 Å². The molecule has 1 aliphatic rings. The topological polar surface area (TPSA) is 64.3 Å². The third kappa shape index (κ3) is 2.09. The maximum absolute atomic E-state index is 11.4. The minimum atomic E-state index is -0.803. The summed E-state index contributed by atoms with van der Waals surface area (Å²) < 4.78 is 0. The van der Waals surface area contributed by atoms with Gasteiger partial charge in [-0.2, -0.15) is 5.26 Å². The maximum Gasteiger partial charge on any atom is 0.323 e. The number of carboxylic acids is 1. The summed E-state index contributed by atoms with van der Waals surface area (Å²) in [6, 6.07) is 9.51. The SMILES string of the molecule is CC1(C(=O)O)CCCN1Cc1ccccc1C#N. The molecular formula is C14H16N2O2. The zero-order valence-electron chi connectivity index (χ0n) is 10.4. The summed E-state index contributed by atoms with van der Waals surface area (Å²) in [5.41, 5.74) is 0.717. The molecule has 18 heavy (non-hydrogen) atoms. The number of rotatable bonds is 3. The normalized spacial score (nSPS) is 23.8. The number of aliphatic carboxylic acids is 1. The molecule has 0 radical (unpaired) electrons. The van der Waals surface area contributed by atoms with E-state index in [-0.39, 0.29) is 0 Å². The van der Waals surface area contributed by atoms with Crippen molar-refractivity contribution in [1.82, 2.24) is 4.90 Å². The number of carboxylic acid groups (broad SMARTS) is 1. The monoisotopic (exact) mass is 244 g/mol. The average Bonchev–Trinajstić information content (AvgIpc) is 2.73. The van der Waals surface area contributed by atoms with Crippen LogP contribution < -0.4 is 0 Å². The predicted molar refractivity (Wildman–Crippen MR) is 66.8 cm³/mol. The van der Waals surface area contributed by atoms with Crippen LogP contribution in [0.15, 0.2) is 24.3 Å². The molecule has 1 aromatic carbocycles. The van der Waals surface area contributed by atoms with E-state index in [9.17, 15) is 9.90 Å². The third-order valence-electron chi connectivity index (χ3n) is 3.75. The van der Waals surface area contributed by atoms with Gasteiger partial charge in [-0.25, -0.2) is 0 Å². The van der Waals surface area contributed by atoms with E-state index in [4.69, 9.17) is 5.26 Å². The van der Waals surface area contributed by atoms with Crippen molar-refractivity contribution in [3.8, 4) is 6.07 Å². The van der Waals surface area contributed by atoms with E-state index in [1.165, 1.54) is 0 Å². The van der Waals surface area contributed by atoms with Crippen molar-refractivity contribution in [2.24, 2.45) is 0 Å². The fourth-order valence-electron chi connectivity index (χ4n) is 2.49. The maximum atomic E-state index is 11.4. The van der Waals surface area contributed by atoms with Gasteiger partial charge in [-0.15, -0.1) is 0 Å². The van der Waals surface area contributed by atoms with Crippen molar-refractivity contribution in [3.63, 3.8) is 0 Å². The Balaban J connectivity index is 2.24. The van der Waals surface area contributed by atoms with Crippen molar-refractivity contribution < 1.29 is 9.90 Å². The molecule has 1 unspecified atom stereocenters. The molecule has 0 spiro atoms. The highest BCUT2D eigenvalue weighted by atomic mass is 16.4. The molecule has 1 aliphatic heterocycles. The first-order valence-electron chi connectivity index (χ1n) is 6.04. The highest BCUT2D eigenvalue weighted by Gasteiger charge is 2.43. The Morgan fingerprint density at radius 1 is 1.56 bits per heavy atom. The number of benzene rings is 1. The molecule has 2 rings (SSSR count). The van der Waals surface area contributed by atoms with E-state index in [2.05, 4.69) is 6.07 Å². The van der Waals surface area contributed by atoms with Gasteiger partial charge in [0.05, 0.1) is 11.6 Å². The quantitative estimate of drug-likeness (QED) is 0.883. The first-order valence-corrected chi connectivity index (χ1v) is 6.04. The molecule has 94 valence electrons. The Hall–Kier alpha value is -1.86. The fraction of sp³-hybridized carbons (Fsp3) is 0.429. The molecule has 0 saturated carbocycles. The van der Waals surface area contributed by atoms with E-state index in [1.807, 2.05) is 23.1 Å². The molecule has 1 heterocycles. The summed E-state index contributed by atoms with van der Waals surface area (Å²) in [5.74, 6) is -0.783. The molecular weight excluding hydrogens is 228 g/mol. The Bertz CT molecular complexity index is 507. The van der Waals surface area contributed by atoms with Crippen LogP contribution in [0.25, 0.3) is 0 Å². The molecule has 1 aromatic rings. The van der Waals surface area contributed by atoms with E-state index in [0.717, 1.165) is 18.5 Å². The summed E-state index contributed by atoms with van der Waals surface area (Å²) in [7, 11) is 0. The highest BCUT2D eigenvalue weighted by Crippen LogP contribution is 2.31. The molecule has 0 aliphatic carbocycles. The lowest BCUT2D eigenvalue weighted by Gasteiger charge is -2.31. The van der Waals surface area contributed by atoms with E-state index in [0.29, 0.717) is 18.5 Å². The molecule has 0 amide bonds. The first-order chi connectivity index (χ1) is 8.58. The largest absolute Gasteiger partial charge is 0.480 e. The van der Waals surface area contributed by atoms with E-state index in [1.54, 1.807) is 13.0 Å².